The molecule has 0 fully saturated rings. The summed E-state index contributed by atoms with van der Waals surface area (Å²) in [6.45, 7) is 4.00. The maximum atomic E-state index is 4.41. The fourth-order valence-corrected chi connectivity index (χ4v) is 1.85. The summed E-state index contributed by atoms with van der Waals surface area (Å²) in [5.74, 6) is 0. The second-order valence-electron chi connectivity index (χ2n) is 3.56. The molecule has 2 nitrogen and oxygen atoms in total. The van der Waals surface area contributed by atoms with E-state index >= 15 is 0 Å². The first-order chi connectivity index (χ1) is 8.45. The van der Waals surface area contributed by atoms with Gasteiger partial charge in [-0.25, -0.2) is 0 Å². The molecule has 3 rings (SSSR count). The third-order valence-electron chi connectivity index (χ3n) is 2.59. The van der Waals surface area contributed by atoms with Crippen molar-refractivity contribution in [3.05, 3.63) is 53.9 Å². The number of allylic oxidation sites excluding steroid dienone is 3. The van der Waals surface area contributed by atoms with Crippen molar-refractivity contribution in [2.24, 2.45) is 0 Å². The zero-order valence-corrected chi connectivity index (χ0v) is 10.2. The van der Waals surface area contributed by atoms with Crippen LogP contribution in [0.1, 0.15) is 25.0 Å². The maximum Gasteiger partial charge on any atom is 0.0961 e. The topological polar surface area (TPSA) is 25.8 Å². The predicted octanol–water partition coefficient (Wildman–Crippen LogP) is 3.78. The molecule has 0 N–H and O–H groups in total. The molecule has 0 unspecified atom stereocenters. The van der Waals surface area contributed by atoms with Crippen LogP contribution >= 0.6 is 0 Å². The highest BCUT2D eigenvalue weighted by Gasteiger charge is 2.06. The zero-order valence-electron chi connectivity index (χ0n) is 10.2. The van der Waals surface area contributed by atoms with Crippen LogP contribution in [0.4, 0.5) is 0 Å². The number of rotatable bonds is 0. The SMILES string of the molecule is C1=CCc2cnc3cccnc3c2C=C1.CC. The van der Waals surface area contributed by atoms with Crippen LogP contribution in [0.25, 0.3) is 17.1 Å². The van der Waals surface area contributed by atoms with Crippen molar-refractivity contribution in [2.45, 2.75) is 20.3 Å². The van der Waals surface area contributed by atoms with Crippen molar-refractivity contribution in [3.8, 4) is 0 Å². The fourth-order valence-electron chi connectivity index (χ4n) is 1.85. The summed E-state index contributed by atoms with van der Waals surface area (Å²) in [6, 6.07) is 3.91. The average Bonchev–Trinajstić information content (AvgIpc) is 2.66. The smallest absolute Gasteiger partial charge is 0.0961 e. The third kappa shape index (κ3) is 2.26. The van der Waals surface area contributed by atoms with E-state index in [1.807, 2.05) is 38.4 Å². The number of pyridine rings is 2. The highest BCUT2D eigenvalue weighted by molar-refractivity contribution is 5.85. The summed E-state index contributed by atoms with van der Waals surface area (Å²) < 4.78 is 0. The lowest BCUT2D eigenvalue weighted by Crippen LogP contribution is -1.92. The summed E-state index contributed by atoms with van der Waals surface area (Å²) in [6.07, 6.45) is 13.1. The highest BCUT2D eigenvalue weighted by atomic mass is 14.7. The van der Waals surface area contributed by atoms with Crippen molar-refractivity contribution in [1.82, 2.24) is 9.97 Å². The lowest BCUT2D eigenvalue weighted by atomic mass is 10.1. The quantitative estimate of drug-likeness (QED) is 0.680. The Balaban J connectivity index is 0.000000514. The molecule has 0 atom stereocenters. The van der Waals surface area contributed by atoms with Crippen molar-refractivity contribution in [2.75, 3.05) is 0 Å². The van der Waals surface area contributed by atoms with E-state index in [4.69, 9.17) is 0 Å². The molecule has 86 valence electrons. The van der Waals surface area contributed by atoms with Gasteiger partial charge in [-0.05, 0) is 24.1 Å². The molecule has 2 heterocycles. The summed E-state index contributed by atoms with van der Waals surface area (Å²) in [7, 11) is 0. The van der Waals surface area contributed by atoms with Crippen LogP contribution < -0.4 is 0 Å². The van der Waals surface area contributed by atoms with E-state index < -0.39 is 0 Å². The van der Waals surface area contributed by atoms with E-state index in [2.05, 4.69) is 34.3 Å². The number of hydrogen-bond donors (Lipinski definition) is 0. The van der Waals surface area contributed by atoms with Gasteiger partial charge in [0.15, 0.2) is 0 Å². The van der Waals surface area contributed by atoms with Crippen molar-refractivity contribution >= 4 is 17.1 Å². The molecular formula is C15H16N2. The first-order valence-corrected chi connectivity index (χ1v) is 6.01. The summed E-state index contributed by atoms with van der Waals surface area (Å²) in [5.41, 5.74) is 4.40. The summed E-state index contributed by atoms with van der Waals surface area (Å²) in [5, 5.41) is 0. The van der Waals surface area contributed by atoms with E-state index in [9.17, 15) is 0 Å². The molecule has 0 spiro atoms. The fraction of sp³-hybridized carbons (Fsp3) is 0.200. The standard InChI is InChI=1S/C13H10N2.C2H6/c1-2-5-10-9-15-12-7-4-8-14-13(12)11(10)6-3-1;1-2/h1-4,6-9H,5H2;1-2H3. The molecule has 2 heteroatoms. The molecule has 0 aromatic carbocycles. The Morgan fingerprint density at radius 3 is 2.88 bits per heavy atom. The van der Waals surface area contributed by atoms with Crippen LogP contribution in [-0.4, -0.2) is 9.97 Å². The molecule has 0 saturated carbocycles. The van der Waals surface area contributed by atoms with E-state index in [1.165, 1.54) is 11.1 Å². The third-order valence-corrected chi connectivity index (χ3v) is 2.59. The second-order valence-corrected chi connectivity index (χ2v) is 3.56. The minimum absolute atomic E-state index is 0.932. The number of hydrogen-bond acceptors (Lipinski definition) is 2. The number of nitrogens with zero attached hydrogens (tertiary/aromatic N) is 2. The van der Waals surface area contributed by atoms with Crippen molar-refractivity contribution in [1.29, 1.82) is 0 Å². The molecule has 2 aromatic heterocycles. The Hall–Kier alpha value is -1.96. The first kappa shape index (κ1) is 11.5. The van der Waals surface area contributed by atoms with Crippen LogP contribution in [0.15, 0.2) is 42.8 Å². The highest BCUT2D eigenvalue weighted by Crippen LogP contribution is 2.22. The van der Waals surface area contributed by atoms with Gasteiger partial charge < -0.3 is 0 Å². The van der Waals surface area contributed by atoms with Crippen LogP contribution in [0.5, 0.6) is 0 Å². The van der Waals surface area contributed by atoms with Crippen molar-refractivity contribution < 1.29 is 0 Å². The lowest BCUT2D eigenvalue weighted by Gasteiger charge is -2.05. The normalized spacial score (nSPS) is 12.6. The van der Waals surface area contributed by atoms with Gasteiger partial charge >= 0.3 is 0 Å². The number of aromatic nitrogens is 2. The predicted molar refractivity (Wildman–Crippen MR) is 72.8 cm³/mol. The van der Waals surface area contributed by atoms with Crippen LogP contribution in [-0.2, 0) is 6.42 Å². The van der Waals surface area contributed by atoms with Crippen molar-refractivity contribution in [3.63, 3.8) is 0 Å². The Kier molecular flexibility index (Phi) is 3.66. The minimum atomic E-state index is 0.932. The largest absolute Gasteiger partial charge is 0.254 e. The second kappa shape index (κ2) is 5.39. The number of fused-ring (bicyclic) bond motifs is 3. The molecule has 17 heavy (non-hydrogen) atoms. The molecular weight excluding hydrogens is 208 g/mol. The van der Waals surface area contributed by atoms with E-state index in [1.54, 1.807) is 0 Å². The van der Waals surface area contributed by atoms with Gasteiger partial charge in [-0.15, -0.1) is 0 Å². The molecule has 1 aliphatic carbocycles. The molecule has 0 aliphatic heterocycles. The van der Waals surface area contributed by atoms with E-state index in [-0.39, 0.29) is 0 Å². The lowest BCUT2D eigenvalue weighted by molar-refractivity contribution is 1.20. The van der Waals surface area contributed by atoms with Gasteiger partial charge in [0.25, 0.3) is 0 Å². The Morgan fingerprint density at radius 1 is 1.12 bits per heavy atom. The Morgan fingerprint density at radius 2 is 2.00 bits per heavy atom. The van der Waals surface area contributed by atoms with Gasteiger partial charge in [0.05, 0.1) is 11.0 Å². The maximum absolute atomic E-state index is 4.41. The molecule has 0 saturated heterocycles. The van der Waals surface area contributed by atoms with Crippen LogP contribution in [0.2, 0.25) is 0 Å². The van der Waals surface area contributed by atoms with E-state index in [0.717, 1.165) is 17.5 Å². The average molecular weight is 224 g/mol. The zero-order chi connectivity index (χ0) is 12.1. The molecule has 0 bridgehead atoms. The van der Waals surface area contributed by atoms with Gasteiger partial charge in [0, 0.05) is 18.0 Å². The van der Waals surface area contributed by atoms with Crippen LogP contribution in [0.3, 0.4) is 0 Å². The monoisotopic (exact) mass is 224 g/mol. The minimum Gasteiger partial charge on any atom is -0.254 e. The molecule has 0 amide bonds. The van der Waals surface area contributed by atoms with E-state index in [0.29, 0.717) is 0 Å². The van der Waals surface area contributed by atoms with Gasteiger partial charge in [0.1, 0.15) is 0 Å². The summed E-state index contributed by atoms with van der Waals surface area (Å²) >= 11 is 0. The van der Waals surface area contributed by atoms with Gasteiger partial charge in [-0.1, -0.05) is 38.2 Å². The van der Waals surface area contributed by atoms with Crippen LogP contribution in [0, 0.1) is 0 Å². The molecule has 2 aromatic rings. The van der Waals surface area contributed by atoms with Gasteiger partial charge in [-0.2, -0.15) is 0 Å². The molecule has 0 radical (unpaired) electrons. The Bertz CT molecular complexity index is 568. The van der Waals surface area contributed by atoms with Gasteiger partial charge in [-0.3, -0.25) is 9.97 Å². The Labute approximate surface area is 102 Å². The summed E-state index contributed by atoms with van der Waals surface area (Å²) in [4.78, 5) is 8.80. The first-order valence-electron chi connectivity index (χ1n) is 6.01. The molecule has 1 aliphatic rings. The van der Waals surface area contributed by atoms with Gasteiger partial charge in [0.2, 0.25) is 0 Å².